The zero-order valence-corrected chi connectivity index (χ0v) is 10.4. The van der Waals surface area contributed by atoms with Crippen LogP contribution in [-0.4, -0.2) is 7.11 Å². The Morgan fingerprint density at radius 1 is 1.33 bits per heavy atom. The lowest BCUT2D eigenvalue weighted by Crippen LogP contribution is -2.21. The molecule has 1 unspecified atom stereocenters. The fourth-order valence-corrected chi connectivity index (χ4v) is 1.88. The summed E-state index contributed by atoms with van der Waals surface area (Å²) in [6.45, 7) is 5.92. The molecule has 1 aliphatic heterocycles. The second-order valence-electron chi connectivity index (χ2n) is 4.38. The van der Waals surface area contributed by atoms with Gasteiger partial charge in [0.15, 0.2) is 17.4 Å². The van der Waals surface area contributed by atoms with Gasteiger partial charge < -0.3 is 10.1 Å². The standard InChI is InChI=1S/C14H15F2NO/c1-8-4-5-13(17-9(8)2)10-6-11(15)14(18-3)12(16)7-10/h5-8,17H,2,4H2,1,3H3. The first-order valence-corrected chi connectivity index (χ1v) is 5.72. The fourth-order valence-electron chi connectivity index (χ4n) is 1.88. The summed E-state index contributed by atoms with van der Waals surface area (Å²) in [5.74, 6) is -1.46. The maximum Gasteiger partial charge on any atom is 0.190 e. The number of methoxy groups -OCH3 is 1. The van der Waals surface area contributed by atoms with Crippen molar-refractivity contribution in [2.24, 2.45) is 5.92 Å². The normalized spacial score (nSPS) is 19.2. The Balaban J connectivity index is 2.38. The van der Waals surface area contributed by atoms with E-state index in [1.165, 1.54) is 19.2 Å². The Hall–Kier alpha value is -1.84. The van der Waals surface area contributed by atoms with Crippen molar-refractivity contribution in [3.63, 3.8) is 0 Å². The lowest BCUT2D eigenvalue weighted by molar-refractivity contribution is 0.359. The average molecular weight is 251 g/mol. The van der Waals surface area contributed by atoms with Crippen molar-refractivity contribution in [3.05, 3.63) is 47.7 Å². The zero-order valence-electron chi connectivity index (χ0n) is 10.4. The first-order chi connectivity index (χ1) is 8.52. The summed E-state index contributed by atoms with van der Waals surface area (Å²) in [7, 11) is 1.24. The molecule has 0 bridgehead atoms. The van der Waals surface area contributed by atoms with E-state index < -0.39 is 11.6 Å². The van der Waals surface area contributed by atoms with E-state index in [1.807, 2.05) is 13.0 Å². The van der Waals surface area contributed by atoms with Gasteiger partial charge in [-0.2, -0.15) is 0 Å². The average Bonchev–Trinajstić information content (AvgIpc) is 2.32. The van der Waals surface area contributed by atoms with Gasteiger partial charge in [0.05, 0.1) is 7.11 Å². The molecule has 1 aromatic rings. The number of nitrogens with one attached hydrogen (secondary N) is 1. The number of ether oxygens (including phenoxy) is 1. The maximum absolute atomic E-state index is 13.6. The van der Waals surface area contributed by atoms with E-state index in [1.54, 1.807) is 0 Å². The predicted molar refractivity (Wildman–Crippen MR) is 66.9 cm³/mol. The Kier molecular flexibility index (Phi) is 3.36. The van der Waals surface area contributed by atoms with Gasteiger partial charge in [-0.3, -0.25) is 0 Å². The minimum Gasteiger partial charge on any atom is -0.491 e. The third-order valence-electron chi connectivity index (χ3n) is 3.08. The van der Waals surface area contributed by atoms with Crippen LogP contribution in [0.3, 0.4) is 0 Å². The van der Waals surface area contributed by atoms with Crippen molar-refractivity contribution in [1.29, 1.82) is 0 Å². The van der Waals surface area contributed by atoms with Gasteiger partial charge in [-0.25, -0.2) is 8.78 Å². The van der Waals surface area contributed by atoms with Gasteiger partial charge in [0.1, 0.15) is 0 Å². The predicted octanol–water partition coefficient (Wildman–Crippen LogP) is 3.46. The van der Waals surface area contributed by atoms with Crippen LogP contribution in [0.1, 0.15) is 18.9 Å². The van der Waals surface area contributed by atoms with Gasteiger partial charge in [-0.15, -0.1) is 0 Å². The number of hydrogen-bond acceptors (Lipinski definition) is 2. The molecule has 1 atom stereocenters. The van der Waals surface area contributed by atoms with E-state index in [2.05, 4.69) is 16.6 Å². The summed E-state index contributed by atoms with van der Waals surface area (Å²) in [5, 5.41) is 3.07. The van der Waals surface area contributed by atoms with Crippen LogP contribution >= 0.6 is 0 Å². The van der Waals surface area contributed by atoms with E-state index in [0.29, 0.717) is 17.2 Å². The molecule has 2 rings (SSSR count). The minimum atomic E-state index is -0.709. The molecule has 1 heterocycles. The van der Waals surface area contributed by atoms with E-state index in [0.717, 1.165) is 12.1 Å². The van der Waals surface area contributed by atoms with E-state index in [4.69, 9.17) is 0 Å². The minimum absolute atomic E-state index is 0.321. The van der Waals surface area contributed by atoms with Crippen LogP contribution in [0.4, 0.5) is 8.78 Å². The number of hydrogen-bond donors (Lipinski definition) is 1. The van der Waals surface area contributed by atoms with Crippen LogP contribution in [0.2, 0.25) is 0 Å². The van der Waals surface area contributed by atoms with Crippen LogP contribution in [0.25, 0.3) is 5.70 Å². The maximum atomic E-state index is 13.6. The van der Waals surface area contributed by atoms with Crippen LogP contribution in [-0.2, 0) is 0 Å². The van der Waals surface area contributed by atoms with Crippen molar-refractivity contribution >= 4 is 5.70 Å². The molecular weight excluding hydrogens is 236 g/mol. The fraction of sp³-hybridized carbons (Fsp3) is 0.286. The van der Waals surface area contributed by atoms with Crippen LogP contribution in [0.5, 0.6) is 5.75 Å². The third kappa shape index (κ3) is 2.23. The largest absolute Gasteiger partial charge is 0.491 e. The van der Waals surface area contributed by atoms with Gasteiger partial charge in [0.25, 0.3) is 0 Å². The lowest BCUT2D eigenvalue weighted by Gasteiger charge is -2.23. The first kappa shape index (κ1) is 12.6. The number of allylic oxidation sites excluding steroid dienone is 2. The highest BCUT2D eigenvalue weighted by Gasteiger charge is 2.18. The Labute approximate surface area is 105 Å². The molecule has 0 spiro atoms. The molecule has 4 heteroatoms. The topological polar surface area (TPSA) is 21.3 Å². The first-order valence-electron chi connectivity index (χ1n) is 5.72. The Bertz CT molecular complexity index is 500. The van der Waals surface area contributed by atoms with Crippen LogP contribution in [0, 0.1) is 17.6 Å². The van der Waals surface area contributed by atoms with Crippen molar-refractivity contribution < 1.29 is 13.5 Å². The zero-order chi connectivity index (χ0) is 13.3. The van der Waals surface area contributed by atoms with Crippen LogP contribution in [0.15, 0.2) is 30.5 Å². The molecule has 0 aliphatic carbocycles. The monoisotopic (exact) mass is 251 g/mol. The third-order valence-corrected chi connectivity index (χ3v) is 3.08. The summed E-state index contributed by atoms with van der Waals surface area (Å²) in [6, 6.07) is 2.51. The second kappa shape index (κ2) is 4.80. The molecular formula is C14H15F2NO. The molecule has 2 nitrogen and oxygen atoms in total. The molecule has 0 saturated heterocycles. The SMILES string of the molecule is C=C1NC(c2cc(F)c(OC)c(F)c2)=CCC1C. The molecule has 1 aromatic carbocycles. The smallest absolute Gasteiger partial charge is 0.190 e. The van der Waals surface area contributed by atoms with Crippen LogP contribution < -0.4 is 10.1 Å². The van der Waals surface area contributed by atoms with Gasteiger partial charge in [-0.1, -0.05) is 19.6 Å². The molecule has 18 heavy (non-hydrogen) atoms. The highest BCUT2D eigenvalue weighted by Crippen LogP contribution is 2.29. The highest BCUT2D eigenvalue weighted by atomic mass is 19.1. The van der Waals surface area contributed by atoms with Crippen molar-refractivity contribution in [2.45, 2.75) is 13.3 Å². The summed E-state index contributed by atoms with van der Waals surface area (Å²) in [6.07, 6.45) is 2.72. The molecule has 1 N–H and O–H groups in total. The summed E-state index contributed by atoms with van der Waals surface area (Å²) >= 11 is 0. The van der Waals surface area contributed by atoms with Gasteiger partial charge in [0.2, 0.25) is 0 Å². The van der Waals surface area contributed by atoms with Gasteiger partial charge in [0, 0.05) is 17.0 Å². The second-order valence-corrected chi connectivity index (χ2v) is 4.38. The quantitative estimate of drug-likeness (QED) is 0.869. The van der Waals surface area contributed by atoms with Crippen molar-refractivity contribution in [3.8, 4) is 5.75 Å². The molecule has 0 amide bonds. The summed E-state index contributed by atoms with van der Waals surface area (Å²) in [4.78, 5) is 0. The van der Waals surface area contributed by atoms with Gasteiger partial charge >= 0.3 is 0 Å². The van der Waals surface area contributed by atoms with Crippen molar-refractivity contribution in [2.75, 3.05) is 7.11 Å². The molecule has 0 fully saturated rings. The lowest BCUT2D eigenvalue weighted by atomic mass is 9.97. The van der Waals surface area contributed by atoms with Crippen molar-refractivity contribution in [1.82, 2.24) is 5.32 Å². The van der Waals surface area contributed by atoms with E-state index in [9.17, 15) is 8.78 Å². The number of halogens is 2. The Morgan fingerprint density at radius 3 is 2.44 bits per heavy atom. The van der Waals surface area contributed by atoms with E-state index >= 15 is 0 Å². The summed E-state index contributed by atoms with van der Waals surface area (Å²) < 4.78 is 31.8. The molecule has 0 aromatic heterocycles. The molecule has 1 aliphatic rings. The summed E-state index contributed by atoms with van der Waals surface area (Å²) in [5.41, 5.74) is 1.99. The number of benzene rings is 1. The molecule has 0 saturated carbocycles. The van der Waals surface area contributed by atoms with E-state index in [-0.39, 0.29) is 5.75 Å². The number of rotatable bonds is 2. The Morgan fingerprint density at radius 2 is 1.94 bits per heavy atom. The molecule has 96 valence electrons. The molecule has 0 radical (unpaired) electrons. The van der Waals surface area contributed by atoms with Gasteiger partial charge in [-0.05, 0) is 24.5 Å². The highest BCUT2D eigenvalue weighted by molar-refractivity contribution is 5.67.